The van der Waals surface area contributed by atoms with E-state index in [0.717, 1.165) is 24.0 Å². The fourth-order valence-corrected chi connectivity index (χ4v) is 6.81. The molecule has 3 aromatic rings. The molecule has 2 saturated heterocycles. The monoisotopic (exact) mass is 639 g/mol. The molecule has 246 valence electrons. The van der Waals surface area contributed by atoms with Gasteiger partial charge in [0, 0.05) is 55.5 Å². The highest BCUT2D eigenvalue weighted by Crippen LogP contribution is 2.37. The van der Waals surface area contributed by atoms with Crippen LogP contribution in [0.5, 0.6) is 0 Å². The van der Waals surface area contributed by atoms with Gasteiger partial charge in [0.1, 0.15) is 23.5 Å². The summed E-state index contributed by atoms with van der Waals surface area (Å²) in [6.07, 6.45) is 4.52. The number of esters is 1. The SMILES string of the molecule is CCOC(=O)C1(Cc2cn([C@H](C)c3c(F)cc(F)cc3F)nn2)CCN(C(=O)C2CCCCN2C(=O)c2cc(C)cc(C)c2)CC1. The van der Waals surface area contributed by atoms with Gasteiger partial charge in [-0.2, -0.15) is 0 Å². The molecule has 0 aliphatic carbocycles. The van der Waals surface area contributed by atoms with E-state index in [1.165, 1.54) is 17.8 Å². The number of rotatable bonds is 8. The Morgan fingerprint density at radius 1 is 0.978 bits per heavy atom. The number of aromatic nitrogens is 3. The summed E-state index contributed by atoms with van der Waals surface area (Å²) in [6, 6.07) is 5.43. The van der Waals surface area contributed by atoms with Gasteiger partial charge in [-0.3, -0.25) is 14.4 Å². The third-order valence-electron chi connectivity index (χ3n) is 9.19. The molecule has 2 amide bonds. The quantitative estimate of drug-likeness (QED) is 0.309. The second-order valence-electron chi connectivity index (χ2n) is 12.5. The lowest BCUT2D eigenvalue weighted by atomic mass is 9.74. The molecule has 2 fully saturated rings. The van der Waals surface area contributed by atoms with Gasteiger partial charge >= 0.3 is 5.97 Å². The van der Waals surface area contributed by atoms with Crippen LogP contribution in [0.25, 0.3) is 0 Å². The average molecular weight is 640 g/mol. The molecule has 2 aliphatic rings. The molecule has 0 radical (unpaired) electrons. The average Bonchev–Trinajstić information content (AvgIpc) is 3.48. The summed E-state index contributed by atoms with van der Waals surface area (Å²) in [5.41, 5.74) is 1.62. The van der Waals surface area contributed by atoms with Gasteiger partial charge in [-0.15, -0.1) is 5.10 Å². The highest BCUT2D eigenvalue weighted by atomic mass is 19.1. The molecule has 12 heteroatoms. The van der Waals surface area contributed by atoms with E-state index in [-0.39, 0.29) is 43.5 Å². The van der Waals surface area contributed by atoms with Crippen molar-refractivity contribution < 1.29 is 32.3 Å². The van der Waals surface area contributed by atoms with Gasteiger partial charge in [0.15, 0.2) is 0 Å². The Bertz CT molecular complexity index is 1570. The number of aryl methyl sites for hydroxylation is 2. The van der Waals surface area contributed by atoms with Gasteiger partial charge in [-0.05, 0) is 71.9 Å². The topological polar surface area (TPSA) is 97.6 Å². The summed E-state index contributed by atoms with van der Waals surface area (Å²) in [5, 5.41) is 8.23. The number of amides is 2. The second kappa shape index (κ2) is 13.6. The maximum absolute atomic E-state index is 14.4. The summed E-state index contributed by atoms with van der Waals surface area (Å²) >= 11 is 0. The number of carbonyl (C=O) groups is 3. The fraction of sp³-hybridized carbons (Fsp3) is 0.500. The number of halogens is 3. The zero-order valence-electron chi connectivity index (χ0n) is 26.7. The Kier molecular flexibility index (Phi) is 9.83. The van der Waals surface area contributed by atoms with Crippen LogP contribution in [-0.4, -0.2) is 74.9 Å². The smallest absolute Gasteiger partial charge is 0.312 e. The number of benzene rings is 2. The van der Waals surface area contributed by atoms with Gasteiger partial charge < -0.3 is 14.5 Å². The number of piperidine rings is 2. The van der Waals surface area contributed by atoms with Gasteiger partial charge in [0.05, 0.1) is 23.8 Å². The van der Waals surface area contributed by atoms with Crippen LogP contribution in [0.15, 0.2) is 36.5 Å². The predicted octanol–water partition coefficient (Wildman–Crippen LogP) is 5.33. The minimum atomic E-state index is -1.03. The standard InChI is InChI=1S/C34H40F3N5O4/c1-5-46-33(45)34(19-26-20-42(39-38-26)23(4)30-27(36)17-25(35)18-28(30)37)9-12-40(13-10-34)32(44)29-8-6-7-11-41(29)31(43)24-15-21(2)14-22(3)16-24/h14-18,20,23,29H,5-13,19H2,1-4H3/t23-,29?/m1/s1. The Morgan fingerprint density at radius 3 is 2.26 bits per heavy atom. The molecule has 0 saturated carbocycles. The van der Waals surface area contributed by atoms with Crippen LogP contribution >= 0.6 is 0 Å². The highest BCUT2D eigenvalue weighted by Gasteiger charge is 2.46. The van der Waals surface area contributed by atoms with E-state index in [4.69, 9.17) is 4.74 Å². The third-order valence-corrected chi connectivity index (χ3v) is 9.19. The molecule has 46 heavy (non-hydrogen) atoms. The minimum Gasteiger partial charge on any atom is -0.466 e. The normalized spacial score (nSPS) is 18.7. The van der Waals surface area contributed by atoms with Crippen molar-refractivity contribution in [2.45, 2.75) is 78.3 Å². The summed E-state index contributed by atoms with van der Waals surface area (Å²) in [5.74, 6) is -3.78. The van der Waals surface area contributed by atoms with Crippen LogP contribution in [0, 0.1) is 36.7 Å². The molecule has 2 aliphatic heterocycles. The Balaban J connectivity index is 1.31. The van der Waals surface area contributed by atoms with Crippen LogP contribution in [0.2, 0.25) is 0 Å². The van der Waals surface area contributed by atoms with E-state index < -0.39 is 40.9 Å². The van der Waals surface area contributed by atoms with Crippen molar-refractivity contribution in [3.63, 3.8) is 0 Å². The molecule has 0 bridgehead atoms. The number of ether oxygens (including phenoxy) is 1. The van der Waals surface area contributed by atoms with Gasteiger partial charge in [-0.1, -0.05) is 22.4 Å². The number of nitrogens with zero attached hydrogens (tertiary/aromatic N) is 5. The van der Waals surface area contributed by atoms with E-state index in [9.17, 15) is 27.6 Å². The van der Waals surface area contributed by atoms with E-state index in [0.29, 0.717) is 49.2 Å². The first-order chi connectivity index (χ1) is 21.9. The first-order valence-electron chi connectivity index (χ1n) is 15.8. The van der Waals surface area contributed by atoms with Gasteiger partial charge in [0.25, 0.3) is 5.91 Å². The maximum Gasteiger partial charge on any atom is 0.312 e. The Morgan fingerprint density at radius 2 is 1.63 bits per heavy atom. The zero-order chi connectivity index (χ0) is 33.2. The van der Waals surface area contributed by atoms with Crippen molar-refractivity contribution in [3.8, 4) is 0 Å². The highest BCUT2D eigenvalue weighted by molar-refractivity contribution is 5.98. The molecule has 0 N–H and O–H groups in total. The first kappa shape index (κ1) is 33.2. The molecule has 9 nitrogen and oxygen atoms in total. The summed E-state index contributed by atoms with van der Waals surface area (Å²) < 4.78 is 49.1. The number of hydrogen-bond donors (Lipinski definition) is 0. The molecular formula is C34H40F3N5O4. The van der Waals surface area contributed by atoms with Crippen LogP contribution < -0.4 is 0 Å². The number of carbonyl (C=O) groups excluding carboxylic acids is 3. The summed E-state index contributed by atoms with van der Waals surface area (Å²) in [6.45, 7) is 8.38. The van der Waals surface area contributed by atoms with Gasteiger partial charge in [-0.25, -0.2) is 17.9 Å². The van der Waals surface area contributed by atoms with Crippen molar-refractivity contribution >= 4 is 17.8 Å². The van der Waals surface area contributed by atoms with Crippen molar-refractivity contribution in [1.82, 2.24) is 24.8 Å². The molecule has 2 atom stereocenters. The van der Waals surface area contributed by atoms with Crippen molar-refractivity contribution in [2.24, 2.45) is 5.41 Å². The molecule has 1 unspecified atom stereocenters. The zero-order valence-corrected chi connectivity index (χ0v) is 26.7. The third kappa shape index (κ3) is 6.80. The maximum atomic E-state index is 14.4. The molecule has 5 rings (SSSR count). The van der Waals surface area contributed by atoms with E-state index in [2.05, 4.69) is 10.3 Å². The molecule has 0 spiro atoms. The van der Waals surface area contributed by atoms with Crippen LogP contribution in [0.4, 0.5) is 13.2 Å². The van der Waals surface area contributed by atoms with Crippen molar-refractivity contribution in [3.05, 3.63) is 81.9 Å². The van der Waals surface area contributed by atoms with Crippen LogP contribution in [0.3, 0.4) is 0 Å². The lowest BCUT2D eigenvalue weighted by Gasteiger charge is -2.43. The minimum absolute atomic E-state index is 0.127. The fourth-order valence-electron chi connectivity index (χ4n) is 6.81. The Hall–Kier alpha value is -4.22. The first-order valence-corrected chi connectivity index (χ1v) is 15.8. The predicted molar refractivity (Wildman–Crippen MR) is 163 cm³/mol. The largest absolute Gasteiger partial charge is 0.466 e. The molecular weight excluding hydrogens is 599 g/mol. The summed E-state index contributed by atoms with van der Waals surface area (Å²) in [4.78, 5) is 44.3. The number of hydrogen-bond acceptors (Lipinski definition) is 6. The van der Waals surface area contributed by atoms with Crippen LogP contribution in [0.1, 0.15) is 84.7 Å². The van der Waals surface area contributed by atoms with Crippen molar-refractivity contribution in [1.29, 1.82) is 0 Å². The van der Waals surface area contributed by atoms with Crippen molar-refractivity contribution in [2.75, 3.05) is 26.2 Å². The molecule has 1 aromatic heterocycles. The lowest BCUT2D eigenvalue weighted by Crippen LogP contribution is -2.56. The Labute approximate surface area is 266 Å². The van der Waals surface area contributed by atoms with E-state index >= 15 is 0 Å². The molecule has 3 heterocycles. The van der Waals surface area contributed by atoms with E-state index in [1.807, 2.05) is 32.0 Å². The van der Waals surface area contributed by atoms with Gasteiger partial charge in [0.2, 0.25) is 5.91 Å². The van der Waals surface area contributed by atoms with E-state index in [1.54, 1.807) is 16.7 Å². The number of likely N-dealkylation sites (tertiary alicyclic amines) is 2. The summed E-state index contributed by atoms with van der Waals surface area (Å²) in [7, 11) is 0. The second-order valence-corrected chi connectivity index (χ2v) is 12.5. The van der Waals surface area contributed by atoms with Crippen LogP contribution in [-0.2, 0) is 20.7 Å². The lowest BCUT2D eigenvalue weighted by molar-refractivity contribution is -0.161. The molecule has 2 aromatic carbocycles.